The third-order valence-electron chi connectivity index (χ3n) is 4.99. The van der Waals surface area contributed by atoms with Crippen LogP contribution in [-0.4, -0.2) is 35.3 Å². The van der Waals surface area contributed by atoms with Crippen molar-refractivity contribution in [3.63, 3.8) is 0 Å². The van der Waals surface area contributed by atoms with Crippen molar-refractivity contribution in [2.45, 2.75) is 57.6 Å². The van der Waals surface area contributed by atoms with E-state index < -0.39 is 0 Å². The van der Waals surface area contributed by atoms with Crippen LogP contribution in [0.25, 0.3) is 0 Å². The number of nitrogens with zero attached hydrogens (tertiary/aromatic N) is 1. The number of ether oxygens (including phenoxy) is 1. The third-order valence-corrected chi connectivity index (χ3v) is 4.99. The monoisotopic (exact) mass is 263 g/mol. The first-order valence-electron chi connectivity index (χ1n) is 7.68. The lowest BCUT2D eigenvalue weighted by molar-refractivity contribution is -0.130. The zero-order valence-electron chi connectivity index (χ0n) is 11.8. The van der Waals surface area contributed by atoms with Crippen LogP contribution in [0.3, 0.4) is 0 Å². The van der Waals surface area contributed by atoms with Crippen molar-refractivity contribution in [2.24, 2.45) is 5.41 Å². The molecular weight excluding hydrogens is 238 g/mol. The van der Waals surface area contributed by atoms with Crippen molar-refractivity contribution < 1.29 is 4.74 Å². The van der Waals surface area contributed by atoms with Crippen molar-refractivity contribution in [1.29, 1.82) is 0 Å². The second-order valence-electron chi connectivity index (χ2n) is 5.91. The number of hydrogen-bond donors (Lipinski definition) is 2. The van der Waals surface area contributed by atoms with Gasteiger partial charge in [0.1, 0.15) is 5.82 Å². The van der Waals surface area contributed by atoms with Crippen molar-refractivity contribution in [1.82, 2.24) is 15.3 Å². The van der Waals surface area contributed by atoms with E-state index in [1.807, 2.05) is 12.4 Å². The summed E-state index contributed by atoms with van der Waals surface area (Å²) in [6.07, 6.45) is 11.8. The van der Waals surface area contributed by atoms with E-state index in [1.165, 1.54) is 32.1 Å². The zero-order chi connectivity index (χ0) is 13.1. The predicted octanol–water partition coefficient (Wildman–Crippen LogP) is 2.28. The summed E-state index contributed by atoms with van der Waals surface area (Å²) in [7, 11) is 0. The smallest absolute Gasteiger partial charge is 0.107 e. The molecule has 2 N–H and O–H groups in total. The fourth-order valence-corrected chi connectivity index (χ4v) is 3.97. The normalized spacial score (nSPS) is 28.7. The van der Waals surface area contributed by atoms with Gasteiger partial charge in [-0.1, -0.05) is 12.8 Å². The molecule has 0 bridgehead atoms. The Morgan fingerprint density at radius 2 is 2.32 bits per heavy atom. The Hall–Kier alpha value is -0.870. The van der Waals surface area contributed by atoms with Gasteiger partial charge in [-0.2, -0.15) is 0 Å². The summed E-state index contributed by atoms with van der Waals surface area (Å²) < 4.78 is 5.94. The highest BCUT2D eigenvalue weighted by Crippen LogP contribution is 2.54. The van der Waals surface area contributed by atoms with Crippen LogP contribution >= 0.6 is 0 Å². The quantitative estimate of drug-likeness (QED) is 0.828. The molecule has 1 aromatic heterocycles. The second-order valence-corrected chi connectivity index (χ2v) is 5.91. The first kappa shape index (κ1) is 13.1. The largest absolute Gasteiger partial charge is 0.378 e. The summed E-state index contributed by atoms with van der Waals surface area (Å²) in [5.74, 6) is 1.08. The van der Waals surface area contributed by atoms with Gasteiger partial charge in [-0.25, -0.2) is 4.98 Å². The SMILES string of the molecule is CCOC1CC(NCCc2ncc[nH]2)C12CCCC2. The maximum Gasteiger partial charge on any atom is 0.107 e. The fourth-order valence-electron chi connectivity index (χ4n) is 3.97. The van der Waals surface area contributed by atoms with Gasteiger partial charge in [0, 0.05) is 43.4 Å². The highest BCUT2D eigenvalue weighted by Gasteiger charge is 2.56. The van der Waals surface area contributed by atoms with E-state index in [1.54, 1.807) is 0 Å². The maximum atomic E-state index is 5.94. The molecule has 0 aromatic carbocycles. The number of hydrogen-bond acceptors (Lipinski definition) is 3. The lowest BCUT2D eigenvalue weighted by Crippen LogP contribution is -2.62. The molecule has 4 nitrogen and oxygen atoms in total. The van der Waals surface area contributed by atoms with Gasteiger partial charge in [-0.05, 0) is 26.2 Å². The summed E-state index contributed by atoms with van der Waals surface area (Å²) in [5.41, 5.74) is 0.444. The number of imidazole rings is 1. The van der Waals surface area contributed by atoms with Gasteiger partial charge >= 0.3 is 0 Å². The summed E-state index contributed by atoms with van der Waals surface area (Å²) in [5, 5.41) is 3.74. The fraction of sp³-hybridized carbons (Fsp3) is 0.800. The number of H-pyrrole nitrogens is 1. The molecule has 0 aliphatic heterocycles. The van der Waals surface area contributed by atoms with Crippen molar-refractivity contribution in [2.75, 3.05) is 13.2 Å². The molecular formula is C15H25N3O. The van der Waals surface area contributed by atoms with Gasteiger partial charge < -0.3 is 15.0 Å². The van der Waals surface area contributed by atoms with Crippen molar-refractivity contribution in [3.05, 3.63) is 18.2 Å². The standard InChI is InChI=1S/C15H25N3O/c1-2-19-13-11-12(15(13)6-3-4-7-15)16-8-5-14-17-9-10-18-14/h9-10,12-13,16H,2-8,11H2,1H3,(H,17,18). The van der Waals surface area contributed by atoms with Gasteiger partial charge in [0.05, 0.1) is 6.10 Å². The number of aromatic nitrogens is 2. The number of rotatable bonds is 6. The number of aromatic amines is 1. The van der Waals surface area contributed by atoms with Crippen LogP contribution in [0.1, 0.15) is 44.9 Å². The van der Waals surface area contributed by atoms with E-state index in [9.17, 15) is 0 Å². The van der Waals surface area contributed by atoms with E-state index >= 15 is 0 Å². The van der Waals surface area contributed by atoms with Crippen molar-refractivity contribution in [3.8, 4) is 0 Å². The average Bonchev–Trinajstić information content (AvgIpc) is 3.09. The van der Waals surface area contributed by atoms with Crippen LogP contribution in [0.4, 0.5) is 0 Å². The molecule has 19 heavy (non-hydrogen) atoms. The summed E-state index contributed by atoms with van der Waals surface area (Å²) in [6.45, 7) is 3.98. The summed E-state index contributed by atoms with van der Waals surface area (Å²) >= 11 is 0. The maximum absolute atomic E-state index is 5.94. The molecule has 2 atom stereocenters. The molecule has 4 heteroatoms. The molecule has 2 saturated carbocycles. The van der Waals surface area contributed by atoms with E-state index in [0.29, 0.717) is 17.6 Å². The van der Waals surface area contributed by atoms with Crippen LogP contribution < -0.4 is 5.32 Å². The highest BCUT2D eigenvalue weighted by molar-refractivity contribution is 5.10. The topological polar surface area (TPSA) is 49.9 Å². The van der Waals surface area contributed by atoms with Crippen LogP contribution in [0, 0.1) is 5.41 Å². The molecule has 106 valence electrons. The first-order valence-corrected chi connectivity index (χ1v) is 7.68. The van der Waals surface area contributed by atoms with Crippen LogP contribution in [-0.2, 0) is 11.2 Å². The summed E-state index contributed by atoms with van der Waals surface area (Å²) in [4.78, 5) is 7.43. The Morgan fingerprint density at radius 3 is 3.00 bits per heavy atom. The van der Waals surface area contributed by atoms with E-state index in [4.69, 9.17) is 4.74 Å². The van der Waals surface area contributed by atoms with Gasteiger partial charge in [-0.3, -0.25) is 0 Å². The Bertz CT molecular complexity index is 384. The molecule has 0 radical (unpaired) electrons. The highest BCUT2D eigenvalue weighted by atomic mass is 16.5. The second kappa shape index (κ2) is 5.63. The Kier molecular flexibility index (Phi) is 3.89. The van der Waals surface area contributed by atoms with E-state index in [-0.39, 0.29) is 0 Å². The molecule has 2 aliphatic rings. The molecule has 0 amide bonds. The van der Waals surface area contributed by atoms with E-state index in [0.717, 1.165) is 25.4 Å². The van der Waals surface area contributed by atoms with Gasteiger partial charge in [0.25, 0.3) is 0 Å². The van der Waals surface area contributed by atoms with Crippen LogP contribution in [0.5, 0.6) is 0 Å². The molecule has 2 aliphatic carbocycles. The molecule has 1 spiro atoms. The third kappa shape index (κ3) is 2.43. The lowest BCUT2D eigenvalue weighted by atomic mass is 9.60. The number of nitrogens with one attached hydrogen (secondary N) is 2. The molecule has 2 unspecified atom stereocenters. The summed E-state index contributed by atoms with van der Waals surface area (Å²) in [6, 6.07) is 0.654. The first-order chi connectivity index (χ1) is 9.35. The molecule has 0 saturated heterocycles. The Balaban J connectivity index is 1.51. The van der Waals surface area contributed by atoms with Crippen LogP contribution in [0.15, 0.2) is 12.4 Å². The van der Waals surface area contributed by atoms with Gasteiger partial charge in [-0.15, -0.1) is 0 Å². The van der Waals surface area contributed by atoms with Crippen LogP contribution in [0.2, 0.25) is 0 Å². The molecule has 3 rings (SSSR count). The molecule has 1 aromatic rings. The average molecular weight is 263 g/mol. The Morgan fingerprint density at radius 1 is 1.47 bits per heavy atom. The predicted molar refractivity (Wildman–Crippen MR) is 75.0 cm³/mol. The minimum absolute atomic E-state index is 0.444. The van der Waals surface area contributed by atoms with Gasteiger partial charge in [0.15, 0.2) is 0 Å². The molecule has 1 heterocycles. The minimum Gasteiger partial charge on any atom is -0.378 e. The van der Waals surface area contributed by atoms with Crippen molar-refractivity contribution >= 4 is 0 Å². The molecule has 2 fully saturated rings. The van der Waals surface area contributed by atoms with E-state index in [2.05, 4.69) is 22.2 Å². The zero-order valence-corrected chi connectivity index (χ0v) is 11.8. The minimum atomic E-state index is 0.444. The van der Waals surface area contributed by atoms with Gasteiger partial charge in [0.2, 0.25) is 0 Å². The lowest BCUT2D eigenvalue weighted by Gasteiger charge is -2.54. The Labute approximate surface area is 115 Å².